The third kappa shape index (κ3) is 2.87. The van der Waals surface area contributed by atoms with Crippen molar-refractivity contribution in [1.82, 2.24) is 24.8 Å². The predicted molar refractivity (Wildman–Crippen MR) is 102 cm³/mol. The first-order chi connectivity index (χ1) is 13.2. The summed E-state index contributed by atoms with van der Waals surface area (Å²) < 4.78 is 5.59. The van der Waals surface area contributed by atoms with Crippen molar-refractivity contribution in [3.05, 3.63) is 47.0 Å². The molecule has 5 rings (SSSR count). The third-order valence-corrected chi connectivity index (χ3v) is 5.78. The number of thioether (sulfide) groups is 1. The first-order valence-corrected chi connectivity index (χ1v) is 9.81. The highest BCUT2D eigenvalue weighted by Gasteiger charge is 2.29. The molecule has 0 fully saturated rings. The normalized spacial score (nSPS) is 17.1. The number of carbonyl (C=O) groups excluding carboxylic acids is 1. The predicted octanol–water partition coefficient (Wildman–Crippen LogP) is 2.23. The van der Waals surface area contributed by atoms with Gasteiger partial charge in [0.25, 0.3) is 5.91 Å². The van der Waals surface area contributed by atoms with Gasteiger partial charge in [-0.3, -0.25) is 4.79 Å². The van der Waals surface area contributed by atoms with Crippen LogP contribution in [0.4, 0.5) is 5.82 Å². The molecule has 0 saturated heterocycles. The minimum Gasteiger partial charge on any atom is -0.446 e. The van der Waals surface area contributed by atoms with Gasteiger partial charge in [-0.15, -0.1) is 11.8 Å². The Kier molecular flexibility index (Phi) is 3.89. The monoisotopic (exact) mass is 382 g/mol. The molecule has 1 N–H and O–H groups in total. The van der Waals surface area contributed by atoms with Gasteiger partial charge in [-0.05, 0) is 6.07 Å². The van der Waals surface area contributed by atoms with Gasteiger partial charge in [0.1, 0.15) is 29.2 Å². The zero-order valence-electron chi connectivity index (χ0n) is 14.8. The van der Waals surface area contributed by atoms with E-state index in [0.29, 0.717) is 25.4 Å². The summed E-state index contributed by atoms with van der Waals surface area (Å²) in [6.45, 7) is 3.78. The Labute approximate surface area is 159 Å². The lowest BCUT2D eigenvalue weighted by molar-refractivity contribution is -0.127. The Morgan fingerprint density at radius 2 is 2.26 bits per heavy atom. The number of rotatable bonds is 2. The van der Waals surface area contributed by atoms with E-state index >= 15 is 0 Å². The molecular formula is C18H18N6O2S. The van der Waals surface area contributed by atoms with Gasteiger partial charge >= 0.3 is 0 Å². The average molecular weight is 382 g/mol. The second-order valence-electron chi connectivity index (χ2n) is 6.55. The van der Waals surface area contributed by atoms with Crippen molar-refractivity contribution in [2.24, 2.45) is 0 Å². The first kappa shape index (κ1) is 16.4. The summed E-state index contributed by atoms with van der Waals surface area (Å²) in [5, 5.41) is 0.952. The second kappa shape index (κ2) is 6.41. The van der Waals surface area contributed by atoms with E-state index in [9.17, 15) is 4.79 Å². The Morgan fingerprint density at radius 3 is 3.19 bits per heavy atom. The van der Waals surface area contributed by atoms with Crippen molar-refractivity contribution in [2.75, 3.05) is 23.7 Å². The van der Waals surface area contributed by atoms with Crippen molar-refractivity contribution >= 4 is 34.5 Å². The van der Waals surface area contributed by atoms with Crippen molar-refractivity contribution in [1.29, 1.82) is 0 Å². The van der Waals surface area contributed by atoms with Crippen LogP contribution in [0.3, 0.4) is 0 Å². The molecule has 0 aliphatic carbocycles. The molecule has 3 aromatic heterocycles. The second-order valence-corrected chi connectivity index (χ2v) is 7.69. The molecule has 0 spiro atoms. The van der Waals surface area contributed by atoms with Crippen LogP contribution in [0, 0.1) is 6.92 Å². The summed E-state index contributed by atoms with van der Waals surface area (Å²) in [6.07, 6.45) is 6.02. The summed E-state index contributed by atoms with van der Waals surface area (Å²) in [7, 11) is 0. The fraction of sp³-hybridized carbons (Fsp3) is 0.333. The Bertz CT molecular complexity index is 1060. The molecule has 1 amide bonds. The summed E-state index contributed by atoms with van der Waals surface area (Å²) in [6, 6.07) is 1.96. The maximum absolute atomic E-state index is 13.1. The number of nitrogens with one attached hydrogen (secondary N) is 1. The number of amides is 1. The molecule has 9 heteroatoms. The lowest BCUT2D eigenvalue weighted by Gasteiger charge is -2.30. The number of anilines is 1. The molecule has 0 saturated carbocycles. The van der Waals surface area contributed by atoms with Gasteiger partial charge in [0.2, 0.25) is 0 Å². The van der Waals surface area contributed by atoms with E-state index in [1.54, 1.807) is 18.1 Å². The molecule has 8 nitrogen and oxygen atoms in total. The molecule has 0 aromatic carbocycles. The molecule has 2 aliphatic rings. The molecule has 3 aromatic rings. The molecule has 2 aliphatic heterocycles. The van der Waals surface area contributed by atoms with E-state index < -0.39 is 0 Å². The molecular weight excluding hydrogens is 364 g/mol. The van der Waals surface area contributed by atoms with Crippen LogP contribution in [0.1, 0.15) is 17.3 Å². The number of hydrogen-bond acceptors (Lipinski definition) is 7. The van der Waals surface area contributed by atoms with Crippen LogP contribution in [-0.2, 0) is 17.8 Å². The molecule has 5 heterocycles. The van der Waals surface area contributed by atoms with Crippen LogP contribution in [-0.4, -0.2) is 49.6 Å². The first-order valence-electron chi connectivity index (χ1n) is 8.83. The zero-order valence-corrected chi connectivity index (χ0v) is 15.6. The molecule has 0 atom stereocenters. The summed E-state index contributed by atoms with van der Waals surface area (Å²) in [5.41, 5.74) is 1.67. The van der Waals surface area contributed by atoms with Crippen LogP contribution in [0.5, 0.6) is 0 Å². The van der Waals surface area contributed by atoms with E-state index in [1.165, 1.54) is 0 Å². The van der Waals surface area contributed by atoms with Gasteiger partial charge in [0, 0.05) is 44.6 Å². The molecule has 138 valence electrons. The maximum atomic E-state index is 13.1. The van der Waals surface area contributed by atoms with Crippen LogP contribution in [0.2, 0.25) is 0 Å². The minimum atomic E-state index is 0.0374. The smallest absolute Gasteiger partial charge is 0.262 e. The maximum Gasteiger partial charge on any atom is 0.262 e. The minimum absolute atomic E-state index is 0.0374. The summed E-state index contributed by atoms with van der Waals surface area (Å²) >= 11 is 1.59. The van der Waals surface area contributed by atoms with Crippen LogP contribution in [0.25, 0.3) is 11.0 Å². The number of carbonyl (C=O) groups is 1. The van der Waals surface area contributed by atoms with E-state index in [0.717, 1.165) is 45.5 Å². The Hall–Kier alpha value is -2.81. The zero-order chi connectivity index (χ0) is 18.4. The standard InChI is InChI=1S/C18H18N6O2S/c1-11-22-13-8-24(5-3-14(13)26-11)18(25)15-9-23(6-7-27-15)17-12-2-4-19-16(12)20-10-21-17/h2,4,9-10H,3,5-8H2,1H3,(H,19,20,21). The SMILES string of the molecule is Cc1nc2c(o1)CCN(C(=O)C1=CN(c3ncnc4[nH]ccc34)CCS1)C2. The van der Waals surface area contributed by atoms with Gasteiger partial charge in [-0.1, -0.05) is 0 Å². The van der Waals surface area contributed by atoms with E-state index in [1.807, 2.05) is 35.2 Å². The van der Waals surface area contributed by atoms with Gasteiger partial charge in [0.15, 0.2) is 5.89 Å². The number of oxazole rings is 1. The van der Waals surface area contributed by atoms with Crippen LogP contribution >= 0.6 is 11.8 Å². The Balaban J connectivity index is 1.41. The van der Waals surface area contributed by atoms with Crippen molar-refractivity contribution in [3.8, 4) is 0 Å². The van der Waals surface area contributed by atoms with Crippen LogP contribution < -0.4 is 4.90 Å². The lowest BCUT2D eigenvalue weighted by Crippen LogP contribution is -2.38. The lowest BCUT2D eigenvalue weighted by atomic mass is 10.1. The number of fused-ring (bicyclic) bond motifs is 2. The highest BCUT2D eigenvalue weighted by molar-refractivity contribution is 8.04. The number of aromatic amines is 1. The average Bonchev–Trinajstić information content (AvgIpc) is 3.31. The number of H-pyrrole nitrogens is 1. The summed E-state index contributed by atoms with van der Waals surface area (Å²) in [5.74, 6) is 3.25. The molecule has 27 heavy (non-hydrogen) atoms. The largest absolute Gasteiger partial charge is 0.446 e. The molecule has 0 bridgehead atoms. The fourth-order valence-electron chi connectivity index (χ4n) is 3.53. The highest BCUT2D eigenvalue weighted by atomic mass is 32.2. The molecule has 0 unspecified atom stereocenters. The third-order valence-electron chi connectivity index (χ3n) is 4.80. The number of hydrogen-bond donors (Lipinski definition) is 1. The summed E-state index contributed by atoms with van der Waals surface area (Å²) in [4.78, 5) is 33.9. The van der Waals surface area contributed by atoms with Crippen molar-refractivity contribution in [3.63, 3.8) is 0 Å². The van der Waals surface area contributed by atoms with Crippen LogP contribution in [0.15, 0.2) is 34.1 Å². The van der Waals surface area contributed by atoms with Gasteiger partial charge in [0.05, 0.1) is 16.8 Å². The topological polar surface area (TPSA) is 91.2 Å². The number of aromatic nitrogens is 4. The Morgan fingerprint density at radius 1 is 1.33 bits per heavy atom. The molecule has 0 radical (unpaired) electrons. The quantitative estimate of drug-likeness (QED) is 0.727. The van der Waals surface area contributed by atoms with Crippen molar-refractivity contribution < 1.29 is 9.21 Å². The number of aryl methyl sites for hydroxylation is 1. The van der Waals surface area contributed by atoms with Gasteiger partial charge < -0.3 is 19.2 Å². The van der Waals surface area contributed by atoms with Gasteiger partial charge in [-0.2, -0.15) is 0 Å². The van der Waals surface area contributed by atoms with E-state index in [2.05, 4.69) is 19.9 Å². The fourth-order valence-corrected chi connectivity index (χ4v) is 4.49. The van der Waals surface area contributed by atoms with E-state index in [-0.39, 0.29) is 5.91 Å². The van der Waals surface area contributed by atoms with Crippen molar-refractivity contribution in [2.45, 2.75) is 19.9 Å². The van der Waals surface area contributed by atoms with E-state index in [4.69, 9.17) is 4.42 Å². The number of nitrogens with zero attached hydrogens (tertiary/aromatic N) is 5. The van der Waals surface area contributed by atoms with Gasteiger partial charge in [-0.25, -0.2) is 15.0 Å². The highest BCUT2D eigenvalue weighted by Crippen LogP contribution is 2.31.